The van der Waals surface area contributed by atoms with Gasteiger partial charge in [-0.15, -0.1) is 0 Å². The lowest BCUT2D eigenvalue weighted by atomic mass is 10.2. The molecule has 0 atom stereocenters. The topological polar surface area (TPSA) is 98.5 Å². The van der Waals surface area contributed by atoms with Crippen molar-refractivity contribution in [1.29, 1.82) is 0 Å². The van der Waals surface area contributed by atoms with Crippen LogP contribution in [0.4, 0.5) is 0 Å². The second-order valence-electron chi connectivity index (χ2n) is 3.53. The fourth-order valence-electron chi connectivity index (χ4n) is 1.32. The summed E-state index contributed by atoms with van der Waals surface area (Å²) in [5, 5.41) is 7.22. The number of hydrogen-bond donors (Lipinski definition) is 2. The first kappa shape index (κ1) is 16.2. The summed E-state index contributed by atoms with van der Waals surface area (Å²) in [5.41, 5.74) is -0.133. The first-order valence-corrected chi connectivity index (χ1v) is 7.37. The van der Waals surface area contributed by atoms with Gasteiger partial charge in [-0.2, -0.15) is 0 Å². The number of rotatable bonds is 5. The maximum Gasteiger partial charge on any atom is 0.254 e. The van der Waals surface area contributed by atoms with Crippen molar-refractivity contribution in [3.05, 3.63) is 27.7 Å². The van der Waals surface area contributed by atoms with E-state index in [0.717, 1.165) is 6.07 Å². The minimum Gasteiger partial charge on any atom is -0.383 e. The van der Waals surface area contributed by atoms with Gasteiger partial charge >= 0.3 is 0 Å². The standard InChI is InChI=1S/C10H12Cl2N2O4S/c1-18-5-4-14-10(15)8-6(11)2-3-7(9(8)12)19(13,16)17/h2-3H,4-5H2,1H3,(H,14,15)(H2,13,16,17). The Morgan fingerprint density at radius 1 is 1.42 bits per heavy atom. The monoisotopic (exact) mass is 326 g/mol. The van der Waals surface area contributed by atoms with Crippen LogP contribution in [-0.4, -0.2) is 34.6 Å². The van der Waals surface area contributed by atoms with E-state index in [1.165, 1.54) is 13.2 Å². The molecule has 0 spiro atoms. The third-order valence-corrected chi connectivity index (χ3v) is 3.95. The van der Waals surface area contributed by atoms with E-state index in [2.05, 4.69) is 5.32 Å². The van der Waals surface area contributed by atoms with Crippen molar-refractivity contribution in [1.82, 2.24) is 5.32 Å². The Bertz CT molecular complexity index is 589. The van der Waals surface area contributed by atoms with Crippen LogP contribution in [0.2, 0.25) is 10.0 Å². The lowest BCUT2D eigenvalue weighted by Gasteiger charge is -2.10. The minimum absolute atomic E-state index is 0.0346. The number of carbonyl (C=O) groups is 1. The maximum absolute atomic E-state index is 11.9. The van der Waals surface area contributed by atoms with Gasteiger partial charge in [-0.3, -0.25) is 4.79 Å². The zero-order chi connectivity index (χ0) is 14.6. The molecule has 0 aliphatic carbocycles. The molecule has 0 fully saturated rings. The number of sulfonamides is 1. The predicted octanol–water partition coefficient (Wildman–Crippen LogP) is 1.02. The Balaban J connectivity index is 3.17. The molecule has 0 bridgehead atoms. The Kier molecular flexibility index (Phi) is 5.57. The highest BCUT2D eigenvalue weighted by molar-refractivity contribution is 7.89. The minimum atomic E-state index is -4.03. The smallest absolute Gasteiger partial charge is 0.254 e. The highest BCUT2D eigenvalue weighted by Crippen LogP contribution is 2.30. The summed E-state index contributed by atoms with van der Waals surface area (Å²) in [6.45, 7) is 0.539. The van der Waals surface area contributed by atoms with E-state index in [1.807, 2.05) is 0 Å². The SMILES string of the molecule is COCCNC(=O)c1c(Cl)ccc(S(N)(=O)=O)c1Cl. The van der Waals surface area contributed by atoms with E-state index in [9.17, 15) is 13.2 Å². The van der Waals surface area contributed by atoms with Gasteiger partial charge in [0, 0.05) is 13.7 Å². The molecule has 106 valence electrons. The van der Waals surface area contributed by atoms with Gasteiger partial charge in [0.05, 0.1) is 22.2 Å². The van der Waals surface area contributed by atoms with Crippen molar-refractivity contribution >= 4 is 39.1 Å². The van der Waals surface area contributed by atoms with Crippen LogP contribution in [0, 0.1) is 0 Å². The molecular weight excluding hydrogens is 315 g/mol. The number of halogens is 2. The van der Waals surface area contributed by atoms with Crippen molar-refractivity contribution < 1.29 is 17.9 Å². The second-order valence-corrected chi connectivity index (χ2v) is 5.84. The van der Waals surface area contributed by atoms with Crippen LogP contribution in [0.15, 0.2) is 17.0 Å². The lowest BCUT2D eigenvalue weighted by molar-refractivity contribution is 0.0937. The maximum atomic E-state index is 11.9. The summed E-state index contributed by atoms with van der Waals surface area (Å²) >= 11 is 11.7. The summed E-state index contributed by atoms with van der Waals surface area (Å²) in [6, 6.07) is 2.39. The summed E-state index contributed by atoms with van der Waals surface area (Å²) < 4.78 is 27.4. The van der Waals surface area contributed by atoms with Gasteiger partial charge in [-0.05, 0) is 12.1 Å². The number of methoxy groups -OCH3 is 1. The number of nitrogens with one attached hydrogen (secondary N) is 1. The van der Waals surface area contributed by atoms with E-state index >= 15 is 0 Å². The summed E-state index contributed by atoms with van der Waals surface area (Å²) in [5.74, 6) is -0.599. The van der Waals surface area contributed by atoms with Gasteiger partial charge in [0.1, 0.15) is 4.90 Å². The summed E-state index contributed by atoms with van der Waals surface area (Å²) in [7, 11) is -2.55. The quantitative estimate of drug-likeness (QED) is 0.789. The first-order valence-electron chi connectivity index (χ1n) is 5.07. The molecule has 0 saturated heterocycles. The Morgan fingerprint density at radius 2 is 2.05 bits per heavy atom. The Hall–Kier alpha value is -0.860. The predicted molar refractivity (Wildman–Crippen MR) is 72.0 cm³/mol. The van der Waals surface area contributed by atoms with Gasteiger partial charge in [0.15, 0.2) is 0 Å². The summed E-state index contributed by atoms with van der Waals surface area (Å²) in [6.07, 6.45) is 0. The molecule has 19 heavy (non-hydrogen) atoms. The van der Waals surface area contributed by atoms with Gasteiger partial charge in [0.25, 0.3) is 5.91 Å². The Morgan fingerprint density at radius 3 is 2.58 bits per heavy atom. The van der Waals surface area contributed by atoms with Gasteiger partial charge in [0.2, 0.25) is 10.0 Å². The molecule has 3 N–H and O–H groups in total. The molecule has 9 heteroatoms. The van der Waals surface area contributed by atoms with Crippen LogP contribution in [0.5, 0.6) is 0 Å². The normalized spacial score (nSPS) is 11.4. The molecule has 1 aromatic rings. The van der Waals surface area contributed by atoms with Crippen LogP contribution in [-0.2, 0) is 14.8 Å². The zero-order valence-electron chi connectivity index (χ0n) is 9.94. The van der Waals surface area contributed by atoms with Gasteiger partial charge in [-0.1, -0.05) is 23.2 Å². The zero-order valence-corrected chi connectivity index (χ0v) is 12.3. The number of primary sulfonamides is 1. The van der Waals surface area contributed by atoms with Crippen molar-refractivity contribution in [3.8, 4) is 0 Å². The Labute approximate surface area is 120 Å². The van der Waals surface area contributed by atoms with E-state index < -0.39 is 15.9 Å². The van der Waals surface area contributed by atoms with E-state index in [1.54, 1.807) is 0 Å². The molecule has 0 unspecified atom stereocenters. The van der Waals surface area contributed by atoms with Crippen LogP contribution in [0.3, 0.4) is 0 Å². The molecule has 0 saturated carbocycles. The largest absolute Gasteiger partial charge is 0.383 e. The first-order chi connectivity index (χ1) is 8.79. The highest BCUT2D eigenvalue weighted by atomic mass is 35.5. The van der Waals surface area contributed by atoms with Crippen molar-refractivity contribution in [2.24, 2.45) is 5.14 Å². The fraction of sp³-hybridized carbons (Fsp3) is 0.300. The lowest BCUT2D eigenvalue weighted by Crippen LogP contribution is -2.28. The average Bonchev–Trinajstić information content (AvgIpc) is 2.27. The van der Waals surface area contributed by atoms with Crippen LogP contribution < -0.4 is 10.5 Å². The van der Waals surface area contributed by atoms with Gasteiger partial charge in [-0.25, -0.2) is 13.6 Å². The second kappa shape index (κ2) is 6.53. The number of benzene rings is 1. The number of ether oxygens (including phenoxy) is 1. The molecule has 0 aliphatic heterocycles. The fourth-order valence-corrected chi connectivity index (χ4v) is 2.79. The van der Waals surface area contributed by atoms with E-state index in [-0.39, 0.29) is 27.0 Å². The summed E-state index contributed by atoms with van der Waals surface area (Å²) in [4.78, 5) is 11.5. The average molecular weight is 327 g/mol. The van der Waals surface area contributed by atoms with E-state index in [0.29, 0.717) is 6.61 Å². The number of hydrogen-bond acceptors (Lipinski definition) is 4. The van der Waals surface area contributed by atoms with Crippen LogP contribution in [0.25, 0.3) is 0 Å². The molecule has 1 aromatic carbocycles. The number of carbonyl (C=O) groups excluding carboxylic acids is 1. The van der Waals surface area contributed by atoms with Crippen molar-refractivity contribution in [2.45, 2.75) is 4.90 Å². The molecule has 0 aromatic heterocycles. The van der Waals surface area contributed by atoms with E-state index in [4.69, 9.17) is 33.1 Å². The van der Waals surface area contributed by atoms with Crippen LogP contribution in [0.1, 0.15) is 10.4 Å². The van der Waals surface area contributed by atoms with Crippen molar-refractivity contribution in [3.63, 3.8) is 0 Å². The third kappa shape index (κ3) is 4.05. The molecule has 1 amide bonds. The third-order valence-electron chi connectivity index (χ3n) is 2.18. The molecular formula is C10H12Cl2N2O4S. The van der Waals surface area contributed by atoms with Crippen molar-refractivity contribution in [2.75, 3.05) is 20.3 Å². The van der Waals surface area contributed by atoms with Gasteiger partial charge < -0.3 is 10.1 Å². The molecule has 0 aliphatic rings. The highest BCUT2D eigenvalue weighted by Gasteiger charge is 2.22. The molecule has 0 radical (unpaired) electrons. The molecule has 6 nitrogen and oxygen atoms in total. The van der Waals surface area contributed by atoms with Crippen LogP contribution >= 0.6 is 23.2 Å². The number of amides is 1. The molecule has 0 heterocycles. The molecule has 1 rings (SSSR count). The number of nitrogens with two attached hydrogens (primary N) is 1.